The zero-order valence-electron chi connectivity index (χ0n) is 23.2. The number of hydrogen-bond acceptors (Lipinski definition) is 7. The molecule has 41 heavy (non-hydrogen) atoms. The number of anilines is 2. The van der Waals surface area contributed by atoms with Crippen LogP contribution in [0.1, 0.15) is 31.9 Å². The second-order valence-corrected chi connectivity index (χ2v) is 14.0. The Hall–Kier alpha value is -3.71. The van der Waals surface area contributed by atoms with Crippen molar-refractivity contribution in [2.45, 2.75) is 43.4 Å². The molecule has 0 aliphatic carbocycles. The van der Waals surface area contributed by atoms with Crippen LogP contribution in [-0.4, -0.2) is 49.8 Å². The van der Waals surface area contributed by atoms with E-state index < -0.39 is 26.2 Å². The first-order chi connectivity index (χ1) is 19.3. The lowest BCUT2D eigenvalue weighted by atomic mass is 9.99. The molecule has 0 aliphatic rings. The van der Waals surface area contributed by atoms with E-state index in [0.29, 0.717) is 23.5 Å². The molecule has 0 saturated carbocycles. The number of β-amino-alcohol motifs (C(OH)–C–C–N with tert-alkyl or cyclic N) is 1. The van der Waals surface area contributed by atoms with Crippen LogP contribution in [-0.2, 0) is 26.6 Å². The summed E-state index contributed by atoms with van der Waals surface area (Å²) in [5.74, 6) is 0. The molecular formula is C29H35N5O5S2. The van der Waals surface area contributed by atoms with Crippen molar-refractivity contribution in [3.8, 4) is 11.3 Å². The van der Waals surface area contributed by atoms with Crippen LogP contribution in [0.5, 0.6) is 0 Å². The highest BCUT2D eigenvalue weighted by Gasteiger charge is 2.20. The fourth-order valence-electron chi connectivity index (χ4n) is 4.17. The third-order valence-electron chi connectivity index (χ3n) is 6.46. The predicted molar refractivity (Wildman–Crippen MR) is 161 cm³/mol. The van der Waals surface area contributed by atoms with Crippen molar-refractivity contribution >= 4 is 31.4 Å². The number of benzene rings is 3. The van der Waals surface area contributed by atoms with Gasteiger partial charge in [-0.3, -0.25) is 9.44 Å². The van der Waals surface area contributed by atoms with Gasteiger partial charge < -0.3 is 15.0 Å². The van der Waals surface area contributed by atoms with Crippen molar-refractivity contribution in [3.05, 3.63) is 97.0 Å². The molecule has 0 aliphatic heterocycles. The first-order valence-corrected chi connectivity index (χ1v) is 16.4. The van der Waals surface area contributed by atoms with E-state index in [4.69, 9.17) is 0 Å². The fraction of sp³-hybridized carbons (Fsp3) is 0.276. The van der Waals surface area contributed by atoms with Crippen molar-refractivity contribution < 1.29 is 21.9 Å². The van der Waals surface area contributed by atoms with Crippen LogP contribution >= 0.6 is 0 Å². The van der Waals surface area contributed by atoms with Crippen molar-refractivity contribution in [1.29, 1.82) is 0 Å². The monoisotopic (exact) mass is 597 g/mol. The maximum absolute atomic E-state index is 12.7. The van der Waals surface area contributed by atoms with Gasteiger partial charge in [0.1, 0.15) is 0 Å². The van der Waals surface area contributed by atoms with Gasteiger partial charge in [-0.15, -0.1) is 0 Å². The van der Waals surface area contributed by atoms with Crippen molar-refractivity contribution in [1.82, 2.24) is 14.9 Å². The Balaban J connectivity index is 1.30. The SMILES string of the molecule is CC(C)(CCn1cnc(-c2ccc(NS(C)(=O)=O)cc2)c1)NC[C@H](O)c1cccc(NS(=O)(=O)c2ccccc2)c1. The fourth-order valence-corrected chi connectivity index (χ4v) is 5.80. The molecule has 0 spiro atoms. The lowest BCUT2D eigenvalue weighted by molar-refractivity contribution is 0.158. The molecule has 10 nitrogen and oxygen atoms in total. The molecule has 0 fully saturated rings. The number of imidazole rings is 1. The molecule has 4 N–H and O–H groups in total. The maximum atomic E-state index is 12.7. The highest BCUT2D eigenvalue weighted by Crippen LogP contribution is 2.23. The smallest absolute Gasteiger partial charge is 0.261 e. The summed E-state index contributed by atoms with van der Waals surface area (Å²) in [6, 6.07) is 21.9. The minimum atomic E-state index is -3.73. The summed E-state index contributed by atoms with van der Waals surface area (Å²) >= 11 is 0. The van der Waals surface area contributed by atoms with Gasteiger partial charge in [0.25, 0.3) is 10.0 Å². The molecule has 1 heterocycles. The standard InChI is InChI=1S/C29H35N5O5S2/c1-29(2,16-17-34-20-27(30-21-34)22-12-14-24(15-13-22)32-40(3,36)37)31-19-28(35)23-8-7-9-25(18-23)33-41(38,39)26-10-5-4-6-11-26/h4-15,18,20-21,28,31-33,35H,16-17,19H2,1-3H3/t28-/m0/s1. The van der Waals surface area contributed by atoms with E-state index in [2.05, 4.69) is 33.6 Å². The number of aryl methyl sites for hydroxylation is 1. The summed E-state index contributed by atoms with van der Waals surface area (Å²) in [7, 11) is -7.06. The van der Waals surface area contributed by atoms with Gasteiger partial charge in [0, 0.05) is 41.8 Å². The number of hydrogen-bond donors (Lipinski definition) is 4. The molecule has 0 amide bonds. The van der Waals surface area contributed by atoms with E-state index in [1.165, 1.54) is 12.1 Å². The lowest BCUT2D eigenvalue weighted by Gasteiger charge is -2.28. The minimum absolute atomic E-state index is 0.166. The van der Waals surface area contributed by atoms with E-state index in [0.717, 1.165) is 23.9 Å². The first kappa shape index (κ1) is 30.3. The lowest BCUT2D eigenvalue weighted by Crippen LogP contribution is -2.42. The molecule has 218 valence electrons. The largest absolute Gasteiger partial charge is 0.387 e. The molecule has 12 heteroatoms. The van der Waals surface area contributed by atoms with Gasteiger partial charge in [-0.1, -0.05) is 42.5 Å². The first-order valence-electron chi connectivity index (χ1n) is 13.0. The van der Waals surface area contributed by atoms with E-state index in [9.17, 15) is 21.9 Å². The Labute approximate surface area is 241 Å². The number of aromatic nitrogens is 2. The van der Waals surface area contributed by atoms with Gasteiger partial charge in [0.2, 0.25) is 10.0 Å². The molecule has 0 unspecified atom stereocenters. The van der Waals surface area contributed by atoms with Crippen LogP contribution in [0.2, 0.25) is 0 Å². The van der Waals surface area contributed by atoms with E-state index >= 15 is 0 Å². The van der Waals surface area contributed by atoms with Gasteiger partial charge in [0.15, 0.2) is 0 Å². The minimum Gasteiger partial charge on any atom is -0.387 e. The third kappa shape index (κ3) is 8.89. The number of rotatable bonds is 13. The highest BCUT2D eigenvalue weighted by atomic mass is 32.2. The van der Waals surface area contributed by atoms with Crippen molar-refractivity contribution in [2.75, 3.05) is 22.2 Å². The molecule has 4 rings (SSSR count). The van der Waals surface area contributed by atoms with Gasteiger partial charge in [-0.05, 0) is 62.2 Å². The summed E-state index contributed by atoms with van der Waals surface area (Å²) in [6.45, 7) is 5.07. The second-order valence-electron chi connectivity index (χ2n) is 10.5. The van der Waals surface area contributed by atoms with E-state index in [1.807, 2.05) is 22.9 Å². The molecule has 1 aromatic heterocycles. The van der Waals surface area contributed by atoms with Crippen LogP contribution in [0.4, 0.5) is 11.4 Å². The van der Waals surface area contributed by atoms with Crippen LogP contribution < -0.4 is 14.8 Å². The number of sulfonamides is 2. The Kier molecular flexibility index (Phi) is 9.17. The van der Waals surface area contributed by atoms with Crippen LogP contribution in [0, 0.1) is 0 Å². The third-order valence-corrected chi connectivity index (χ3v) is 8.47. The number of aliphatic hydroxyl groups excluding tert-OH is 1. The summed E-state index contributed by atoms with van der Waals surface area (Å²) in [6.07, 6.45) is 4.72. The molecular weight excluding hydrogens is 562 g/mol. The van der Waals surface area contributed by atoms with Crippen LogP contribution in [0.25, 0.3) is 11.3 Å². The normalized spacial score (nSPS) is 13.1. The number of aliphatic hydroxyl groups is 1. The van der Waals surface area contributed by atoms with Gasteiger partial charge in [-0.2, -0.15) is 0 Å². The maximum Gasteiger partial charge on any atom is 0.261 e. The molecule has 4 aromatic rings. The molecule has 0 radical (unpaired) electrons. The zero-order chi connectivity index (χ0) is 29.7. The Bertz CT molecular complexity index is 1670. The number of nitrogens with one attached hydrogen (secondary N) is 3. The zero-order valence-corrected chi connectivity index (χ0v) is 24.8. The quantitative estimate of drug-likeness (QED) is 0.181. The molecule has 3 aromatic carbocycles. The Morgan fingerprint density at radius 1 is 0.902 bits per heavy atom. The Morgan fingerprint density at radius 2 is 1.61 bits per heavy atom. The summed E-state index contributed by atoms with van der Waals surface area (Å²) in [5, 5.41) is 14.2. The van der Waals surface area contributed by atoms with Crippen molar-refractivity contribution in [2.24, 2.45) is 0 Å². The molecule has 1 atom stereocenters. The average molecular weight is 598 g/mol. The topological polar surface area (TPSA) is 142 Å². The molecule has 0 saturated heterocycles. The van der Waals surface area contributed by atoms with Gasteiger partial charge >= 0.3 is 0 Å². The molecule has 0 bridgehead atoms. The average Bonchev–Trinajstić information content (AvgIpc) is 3.40. The van der Waals surface area contributed by atoms with Gasteiger partial charge in [0.05, 0.1) is 29.3 Å². The van der Waals surface area contributed by atoms with Crippen molar-refractivity contribution in [3.63, 3.8) is 0 Å². The van der Waals surface area contributed by atoms with Crippen LogP contribution in [0.15, 0.2) is 96.3 Å². The predicted octanol–water partition coefficient (Wildman–Crippen LogP) is 4.21. The summed E-state index contributed by atoms with van der Waals surface area (Å²) in [4.78, 5) is 4.64. The Morgan fingerprint density at radius 3 is 2.29 bits per heavy atom. The van der Waals surface area contributed by atoms with Gasteiger partial charge in [-0.25, -0.2) is 21.8 Å². The van der Waals surface area contributed by atoms with Crippen LogP contribution in [0.3, 0.4) is 0 Å². The number of nitrogens with zero attached hydrogens (tertiary/aromatic N) is 2. The highest BCUT2D eigenvalue weighted by molar-refractivity contribution is 7.92. The summed E-state index contributed by atoms with van der Waals surface area (Å²) < 4.78 is 55.1. The van der Waals surface area contributed by atoms with E-state index in [1.54, 1.807) is 60.9 Å². The van der Waals surface area contributed by atoms with E-state index in [-0.39, 0.29) is 17.0 Å². The summed E-state index contributed by atoms with van der Waals surface area (Å²) in [5.41, 5.74) is 2.81. The second kappa shape index (κ2) is 12.4.